The molecule has 0 bridgehead atoms. The minimum atomic E-state index is -3.63. The average molecular weight is 390 g/mol. The number of benzene rings is 1. The number of fused-ring (bicyclic) bond motifs is 2. The molecular formula is C21H27NO4S. The van der Waals surface area contributed by atoms with Gasteiger partial charge in [-0.2, -0.15) is 0 Å². The van der Waals surface area contributed by atoms with E-state index in [1.165, 1.54) is 17.3 Å². The van der Waals surface area contributed by atoms with E-state index in [0.717, 1.165) is 31.5 Å². The molecule has 4 rings (SSSR count). The minimum Gasteiger partial charge on any atom is -0.421 e. The standard InChI is InChI=1S/C21H27NO4S/c1-6-27(24,25)15-12-13-11-14-17-16(18(13)26-19(15)23)21(4,5)8-10-22(17)9-7-20(14,2)3/h11-12H,6-10H2,1-5H3. The number of sulfone groups is 1. The molecule has 0 atom stereocenters. The van der Waals surface area contributed by atoms with Crippen molar-refractivity contribution in [3.05, 3.63) is 33.7 Å². The SMILES string of the molecule is CCS(=O)(=O)c1cc2cc3c4c(c2oc1=O)C(C)(C)CCN4CCC3(C)C. The molecule has 27 heavy (non-hydrogen) atoms. The summed E-state index contributed by atoms with van der Waals surface area (Å²) in [6.07, 6.45) is 2.01. The maximum Gasteiger partial charge on any atom is 0.355 e. The van der Waals surface area contributed by atoms with Crippen LogP contribution in [0.5, 0.6) is 0 Å². The Labute approximate surface area is 160 Å². The predicted octanol–water partition coefficient (Wildman–Crippen LogP) is 3.76. The molecule has 3 heterocycles. The van der Waals surface area contributed by atoms with E-state index in [9.17, 15) is 13.2 Å². The molecular weight excluding hydrogens is 362 g/mol. The molecule has 0 saturated carbocycles. The molecule has 0 unspecified atom stereocenters. The van der Waals surface area contributed by atoms with Crippen LogP contribution in [-0.2, 0) is 20.7 Å². The fourth-order valence-corrected chi connectivity index (χ4v) is 5.42. The van der Waals surface area contributed by atoms with Gasteiger partial charge in [0.25, 0.3) is 0 Å². The van der Waals surface area contributed by atoms with Crippen molar-refractivity contribution in [1.29, 1.82) is 0 Å². The van der Waals surface area contributed by atoms with Crippen LogP contribution in [0.1, 0.15) is 58.6 Å². The summed E-state index contributed by atoms with van der Waals surface area (Å²) in [4.78, 5) is 14.7. The van der Waals surface area contributed by atoms with E-state index < -0.39 is 15.5 Å². The summed E-state index contributed by atoms with van der Waals surface area (Å²) in [5.41, 5.74) is 3.08. The summed E-state index contributed by atoms with van der Waals surface area (Å²) in [7, 11) is -3.63. The van der Waals surface area contributed by atoms with Gasteiger partial charge in [0.1, 0.15) is 5.58 Å². The monoisotopic (exact) mass is 389 g/mol. The molecule has 0 spiro atoms. The van der Waals surface area contributed by atoms with Crippen LogP contribution in [0.3, 0.4) is 0 Å². The highest BCUT2D eigenvalue weighted by atomic mass is 32.2. The fraction of sp³-hybridized carbons (Fsp3) is 0.571. The molecule has 6 heteroatoms. The zero-order valence-electron chi connectivity index (χ0n) is 16.7. The van der Waals surface area contributed by atoms with Crippen LogP contribution in [0.4, 0.5) is 5.69 Å². The maximum absolute atomic E-state index is 12.6. The van der Waals surface area contributed by atoms with Gasteiger partial charge >= 0.3 is 5.63 Å². The Kier molecular flexibility index (Phi) is 3.84. The van der Waals surface area contributed by atoms with Gasteiger partial charge in [-0.1, -0.05) is 34.6 Å². The Hall–Kier alpha value is -1.82. The molecule has 2 aromatic rings. The van der Waals surface area contributed by atoms with Gasteiger partial charge in [-0.25, -0.2) is 13.2 Å². The van der Waals surface area contributed by atoms with Gasteiger partial charge < -0.3 is 9.32 Å². The van der Waals surface area contributed by atoms with Crippen LogP contribution >= 0.6 is 0 Å². The Bertz CT molecular complexity index is 1110. The highest BCUT2D eigenvalue weighted by molar-refractivity contribution is 7.91. The number of hydrogen-bond acceptors (Lipinski definition) is 5. The Morgan fingerprint density at radius 1 is 1.07 bits per heavy atom. The van der Waals surface area contributed by atoms with E-state index in [1.807, 2.05) is 6.07 Å². The first-order chi connectivity index (χ1) is 12.5. The van der Waals surface area contributed by atoms with Crippen LogP contribution in [0, 0.1) is 0 Å². The van der Waals surface area contributed by atoms with Gasteiger partial charge in [-0.05, 0) is 41.4 Å². The Balaban J connectivity index is 2.17. The second-order valence-electron chi connectivity index (χ2n) is 9.12. The summed E-state index contributed by atoms with van der Waals surface area (Å²) in [6, 6.07) is 3.57. The van der Waals surface area contributed by atoms with E-state index in [1.54, 1.807) is 6.92 Å². The van der Waals surface area contributed by atoms with E-state index in [-0.39, 0.29) is 21.5 Å². The third kappa shape index (κ3) is 2.64. The zero-order valence-corrected chi connectivity index (χ0v) is 17.5. The molecule has 0 N–H and O–H groups in total. The summed E-state index contributed by atoms with van der Waals surface area (Å²) in [6.45, 7) is 12.3. The quantitative estimate of drug-likeness (QED) is 0.732. The van der Waals surface area contributed by atoms with E-state index >= 15 is 0 Å². The Morgan fingerprint density at radius 3 is 2.33 bits per heavy atom. The molecule has 2 aliphatic heterocycles. The van der Waals surface area contributed by atoms with Crippen molar-refractivity contribution < 1.29 is 12.8 Å². The molecule has 2 aliphatic rings. The first kappa shape index (κ1) is 18.5. The summed E-state index contributed by atoms with van der Waals surface area (Å²) in [5.74, 6) is -0.119. The first-order valence-electron chi connectivity index (χ1n) is 9.61. The zero-order chi connectivity index (χ0) is 19.8. The molecule has 0 radical (unpaired) electrons. The van der Waals surface area contributed by atoms with Crippen molar-refractivity contribution in [3.8, 4) is 0 Å². The topological polar surface area (TPSA) is 67.6 Å². The smallest absolute Gasteiger partial charge is 0.355 e. The molecule has 0 fully saturated rings. The fourth-order valence-electron chi connectivity index (χ4n) is 4.50. The second-order valence-corrected chi connectivity index (χ2v) is 11.4. The van der Waals surface area contributed by atoms with Gasteiger partial charge in [0.15, 0.2) is 14.7 Å². The number of anilines is 1. The van der Waals surface area contributed by atoms with Crippen molar-refractivity contribution >= 4 is 26.5 Å². The van der Waals surface area contributed by atoms with Crippen LogP contribution in [0.15, 0.2) is 26.2 Å². The molecule has 0 aliphatic carbocycles. The van der Waals surface area contributed by atoms with Crippen molar-refractivity contribution in [2.75, 3.05) is 23.7 Å². The van der Waals surface area contributed by atoms with E-state index in [4.69, 9.17) is 4.42 Å². The summed E-state index contributed by atoms with van der Waals surface area (Å²) < 4.78 is 30.4. The molecule has 0 saturated heterocycles. The molecule has 5 nitrogen and oxygen atoms in total. The highest BCUT2D eigenvalue weighted by Gasteiger charge is 2.42. The van der Waals surface area contributed by atoms with Gasteiger partial charge in [0.2, 0.25) is 0 Å². The van der Waals surface area contributed by atoms with E-state index in [2.05, 4.69) is 32.6 Å². The van der Waals surface area contributed by atoms with Crippen molar-refractivity contribution in [2.24, 2.45) is 0 Å². The summed E-state index contributed by atoms with van der Waals surface area (Å²) in [5, 5.41) is 0.709. The third-order valence-electron chi connectivity index (χ3n) is 6.41. The van der Waals surface area contributed by atoms with Crippen LogP contribution in [-0.4, -0.2) is 27.3 Å². The first-order valence-corrected chi connectivity index (χ1v) is 11.3. The molecule has 1 aromatic heterocycles. The van der Waals surface area contributed by atoms with Gasteiger partial charge in [-0.3, -0.25) is 0 Å². The molecule has 0 amide bonds. The number of rotatable bonds is 2. The highest BCUT2D eigenvalue weighted by Crippen LogP contribution is 2.51. The van der Waals surface area contributed by atoms with Gasteiger partial charge in [0, 0.05) is 29.7 Å². The van der Waals surface area contributed by atoms with Gasteiger partial charge in [-0.15, -0.1) is 0 Å². The predicted molar refractivity (Wildman–Crippen MR) is 108 cm³/mol. The molecule has 1 aromatic carbocycles. The van der Waals surface area contributed by atoms with Crippen LogP contribution < -0.4 is 10.5 Å². The Morgan fingerprint density at radius 2 is 1.70 bits per heavy atom. The van der Waals surface area contributed by atoms with E-state index in [0.29, 0.717) is 11.0 Å². The minimum absolute atomic E-state index is 0.0118. The number of nitrogens with zero attached hydrogens (tertiary/aromatic N) is 1. The lowest BCUT2D eigenvalue weighted by Gasteiger charge is -2.48. The van der Waals surface area contributed by atoms with Crippen molar-refractivity contribution in [1.82, 2.24) is 0 Å². The summed E-state index contributed by atoms with van der Waals surface area (Å²) >= 11 is 0. The molecule has 146 valence electrons. The number of hydrogen-bond donors (Lipinski definition) is 0. The average Bonchev–Trinajstić information content (AvgIpc) is 2.58. The van der Waals surface area contributed by atoms with Crippen molar-refractivity contribution in [3.63, 3.8) is 0 Å². The third-order valence-corrected chi connectivity index (χ3v) is 8.13. The lowest BCUT2D eigenvalue weighted by Crippen LogP contribution is -2.44. The van der Waals surface area contributed by atoms with Crippen molar-refractivity contribution in [2.45, 2.75) is 63.2 Å². The normalized spacial score (nSPS) is 20.6. The second kappa shape index (κ2) is 5.60. The lowest BCUT2D eigenvalue weighted by atomic mass is 9.69. The van der Waals surface area contributed by atoms with Crippen LogP contribution in [0.25, 0.3) is 11.0 Å². The van der Waals surface area contributed by atoms with Gasteiger partial charge in [0.05, 0.1) is 5.75 Å². The maximum atomic E-state index is 12.6. The van der Waals surface area contributed by atoms with Crippen LogP contribution in [0.2, 0.25) is 0 Å². The largest absolute Gasteiger partial charge is 0.421 e. The lowest BCUT2D eigenvalue weighted by molar-refractivity contribution is 0.398.